The van der Waals surface area contributed by atoms with Crippen LogP contribution in [0, 0.1) is 35.5 Å². The molecular formula is C15H30. The van der Waals surface area contributed by atoms with E-state index in [9.17, 15) is 0 Å². The van der Waals surface area contributed by atoms with Crippen LogP contribution in [0.2, 0.25) is 0 Å². The molecule has 1 aliphatic carbocycles. The van der Waals surface area contributed by atoms with E-state index in [4.69, 9.17) is 0 Å². The van der Waals surface area contributed by atoms with Crippen molar-refractivity contribution in [1.29, 1.82) is 0 Å². The minimum Gasteiger partial charge on any atom is -0.0651 e. The molecule has 0 N–H and O–H groups in total. The highest BCUT2D eigenvalue weighted by Crippen LogP contribution is 2.50. The summed E-state index contributed by atoms with van der Waals surface area (Å²) in [4.78, 5) is 0. The van der Waals surface area contributed by atoms with Crippen LogP contribution >= 0.6 is 0 Å². The maximum Gasteiger partial charge on any atom is -0.0334 e. The zero-order valence-corrected chi connectivity index (χ0v) is 11.6. The van der Waals surface area contributed by atoms with Gasteiger partial charge in [-0.3, -0.25) is 0 Å². The molecule has 0 aromatic carbocycles. The molecule has 1 aliphatic rings. The molecule has 0 aliphatic heterocycles. The zero-order valence-electron chi connectivity index (χ0n) is 11.6. The van der Waals surface area contributed by atoms with E-state index >= 15 is 0 Å². The Balaban J connectivity index is 2.48. The van der Waals surface area contributed by atoms with Crippen LogP contribution in [0.15, 0.2) is 0 Å². The van der Waals surface area contributed by atoms with Gasteiger partial charge < -0.3 is 0 Å². The summed E-state index contributed by atoms with van der Waals surface area (Å²) in [6.07, 6.45) is 4.27. The molecule has 0 radical (unpaired) electrons. The maximum absolute atomic E-state index is 2.49. The van der Waals surface area contributed by atoms with Gasteiger partial charge in [0.15, 0.2) is 0 Å². The van der Waals surface area contributed by atoms with Crippen molar-refractivity contribution in [1.82, 2.24) is 0 Å². The molecule has 90 valence electrons. The van der Waals surface area contributed by atoms with Crippen molar-refractivity contribution >= 4 is 0 Å². The van der Waals surface area contributed by atoms with Gasteiger partial charge in [-0.2, -0.15) is 0 Å². The molecule has 0 aromatic heterocycles. The summed E-state index contributed by atoms with van der Waals surface area (Å²) in [5, 5.41) is 0. The van der Waals surface area contributed by atoms with Crippen molar-refractivity contribution < 1.29 is 0 Å². The van der Waals surface area contributed by atoms with Gasteiger partial charge in [-0.05, 0) is 48.3 Å². The standard InChI is InChI=1S/C15H30/c1-7-11(4)8-13(6)15(10(2)3)14-9-12(14)5/h10-15H,7-9H2,1-6H3. The molecule has 0 bridgehead atoms. The number of hydrogen-bond donors (Lipinski definition) is 0. The lowest BCUT2D eigenvalue weighted by Gasteiger charge is -2.29. The molecule has 1 fully saturated rings. The Bertz CT molecular complexity index is 182. The lowest BCUT2D eigenvalue weighted by Crippen LogP contribution is -2.22. The van der Waals surface area contributed by atoms with E-state index < -0.39 is 0 Å². The quantitative estimate of drug-likeness (QED) is 0.579. The fraction of sp³-hybridized carbons (Fsp3) is 1.00. The molecule has 0 saturated heterocycles. The minimum absolute atomic E-state index is 0.874. The van der Waals surface area contributed by atoms with Crippen LogP contribution in [0.4, 0.5) is 0 Å². The topological polar surface area (TPSA) is 0 Å². The van der Waals surface area contributed by atoms with Crippen LogP contribution in [0.25, 0.3) is 0 Å². The van der Waals surface area contributed by atoms with Crippen molar-refractivity contribution in [2.45, 2.75) is 60.8 Å². The van der Waals surface area contributed by atoms with Crippen molar-refractivity contribution in [3.05, 3.63) is 0 Å². The molecule has 0 nitrogen and oxygen atoms in total. The molecular weight excluding hydrogens is 180 g/mol. The lowest BCUT2D eigenvalue weighted by atomic mass is 9.76. The Labute approximate surface area is 96.8 Å². The molecule has 0 heterocycles. The molecule has 5 atom stereocenters. The minimum atomic E-state index is 0.874. The van der Waals surface area contributed by atoms with Gasteiger partial charge in [0, 0.05) is 0 Å². The zero-order chi connectivity index (χ0) is 11.6. The van der Waals surface area contributed by atoms with Crippen molar-refractivity contribution in [3.63, 3.8) is 0 Å². The van der Waals surface area contributed by atoms with Crippen LogP contribution in [-0.4, -0.2) is 0 Å². The summed E-state index contributed by atoms with van der Waals surface area (Å²) in [5.74, 6) is 5.75. The van der Waals surface area contributed by atoms with Crippen molar-refractivity contribution in [3.8, 4) is 0 Å². The van der Waals surface area contributed by atoms with E-state index in [1.165, 1.54) is 19.3 Å². The Morgan fingerprint density at radius 1 is 1.13 bits per heavy atom. The smallest absolute Gasteiger partial charge is 0.0334 e. The van der Waals surface area contributed by atoms with Crippen LogP contribution in [0.1, 0.15) is 60.8 Å². The Kier molecular flexibility index (Phi) is 4.67. The monoisotopic (exact) mass is 210 g/mol. The molecule has 1 rings (SSSR count). The third-order valence-electron chi connectivity index (χ3n) is 4.56. The first kappa shape index (κ1) is 13.1. The van der Waals surface area contributed by atoms with Gasteiger partial charge >= 0.3 is 0 Å². The fourth-order valence-corrected chi connectivity index (χ4v) is 3.42. The van der Waals surface area contributed by atoms with Gasteiger partial charge in [0.2, 0.25) is 0 Å². The molecule has 1 saturated carbocycles. The van der Waals surface area contributed by atoms with Crippen LogP contribution < -0.4 is 0 Å². The normalized spacial score (nSPS) is 31.4. The highest BCUT2D eigenvalue weighted by atomic mass is 14.5. The van der Waals surface area contributed by atoms with Gasteiger partial charge in [-0.25, -0.2) is 0 Å². The molecule has 0 amide bonds. The van der Waals surface area contributed by atoms with E-state index in [2.05, 4.69) is 41.5 Å². The summed E-state index contributed by atoms with van der Waals surface area (Å²) in [5.41, 5.74) is 0. The number of hydrogen-bond acceptors (Lipinski definition) is 0. The second-order valence-corrected chi connectivity index (χ2v) is 6.42. The first-order valence-electron chi connectivity index (χ1n) is 6.97. The molecule has 5 unspecified atom stereocenters. The summed E-state index contributed by atoms with van der Waals surface area (Å²) >= 11 is 0. The largest absolute Gasteiger partial charge is 0.0651 e. The summed E-state index contributed by atoms with van der Waals surface area (Å²) < 4.78 is 0. The number of rotatable bonds is 6. The predicted octanol–water partition coefficient (Wildman–Crippen LogP) is 4.99. The third-order valence-corrected chi connectivity index (χ3v) is 4.56. The van der Waals surface area contributed by atoms with Gasteiger partial charge in [0.05, 0.1) is 0 Å². The Hall–Kier alpha value is 0. The van der Waals surface area contributed by atoms with E-state index in [-0.39, 0.29) is 0 Å². The maximum atomic E-state index is 2.49. The van der Waals surface area contributed by atoms with E-state index in [0.29, 0.717) is 0 Å². The van der Waals surface area contributed by atoms with Gasteiger partial charge in [-0.15, -0.1) is 0 Å². The summed E-state index contributed by atoms with van der Waals surface area (Å²) in [7, 11) is 0. The van der Waals surface area contributed by atoms with Crippen LogP contribution in [0.5, 0.6) is 0 Å². The average Bonchev–Trinajstić information content (AvgIpc) is 2.81. The van der Waals surface area contributed by atoms with Gasteiger partial charge in [0.25, 0.3) is 0 Å². The molecule has 0 heteroatoms. The van der Waals surface area contributed by atoms with Gasteiger partial charge in [0.1, 0.15) is 0 Å². The second-order valence-electron chi connectivity index (χ2n) is 6.42. The summed E-state index contributed by atoms with van der Waals surface area (Å²) in [6.45, 7) is 14.5. The SMILES string of the molecule is CCC(C)CC(C)C(C(C)C)C1CC1C. The highest BCUT2D eigenvalue weighted by molar-refractivity contribution is 4.91. The van der Waals surface area contributed by atoms with E-state index in [0.717, 1.165) is 35.5 Å². The first-order chi connectivity index (χ1) is 6.97. The molecule has 15 heavy (non-hydrogen) atoms. The summed E-state index contributed by atoms with van der Waals surface area (Å²) in [6, 6.07) is 0. The molecule has 0 spiro atoms. The highest BCUT2D eigenvalue weighted by Gasteiger charge is 2.42. The first-order valence-corrected chi connectivity index (χ1v) is 6.97. The fourth-order valence-electron chi connectivity index (χ4n) is 3.42. The van der Waals surface area contributed by atoms with Crippen molar-refractivity contribution in [2.24, 2.45) is 35.5 Å². The van der Waals surface area contributed by atoms with E-state index in [1.54, 1.807) is 0 Å². The Morgan fingerprint density at radius 3 is 2.00 bits per heavy atom. The van der Waals surface area contributed by atoms with E-state index in [1.807, 2.05) is 0 Å². The van der Waals surface area contributed by atoms with Crippen molar-refractivity contribution in [2.75, 3.05) is 0 Å². The van der Waals surface area contributed by atoms with Gasteiger partial charge in [-0.1, -0.05) is 48.0 Å². The second kappa shape index (κ2) is 5.37. The Morgan fingerprint density at radius 2 is 1.67 bits per heavy atom. The molecule has 0 aromatic rings. The average molecular weight is 210 g/mol. The van der Waals surface area contributed by atoms with Crippen LogP contribution in [-0.2, 0) is 0 Å². The predicted molar refractivity (Wildman–Crippen MR) is 68.8 cm³/mol. The lowest BCUT2D eigenvalue weighted by molar-refractivity contribution is 0.196. The van der Waals surface area contributed by atoms with Crippen LogP contribution in [0.3, 0.4) is 0 Å². The third kappa shape index (κ3) is 3.50.